The van der Waals surface area contributed by atoms with Gasteiger partial charge in [-0.25, -0.2) is 0 Å². The summed E-state index contributed by atoms with van der Waals surface area (Å²) < 4.78 is 5.74. The summed E-state index contributed by atoms with van der Waals surface area (Å²) in [6.07, 6.45) is 0. The Morgan fingerprint density at radius 1 is 1.35 bits per heavy atom. The molecule has 2 rings (SSSR count). The van der Waals surface area contributed by atoms with Gasteiger partial charge in [-0.3, -0.25) is 4.90 Å². The molecule has 0 amide bonds. The van der Waals surface area contributed by atoms with Gasteiger partial charge in [0.2, 0.25) is 0 Å². The zero-order valence-electron chi connectivity index (χ0n) is 10.8. The molecule has 1 N–H and O–H groups in total. The van der Waals surface area contributed by atoms with Crippen molar-refractivity contribution in [2.75, 3.05) is 32.8 Å². The van der Waals surface area contributed by atoms with Crippen LogP contribution in [0.25, 0.3) is 0 Å². The Hall–Kier alpha value is -1.06. The molecular formula is C14H22N2O. The summed E-state index contributed by atoms with van der Waals surface area (Å²) in [7, 11) is 0. The van der Waals surface area contributed by atoms with Crippen LogP contribution in [0, 0.1) is 6.92 Å². The van der Waals surface area contributed by atoms with Gasteiger partial charge in [-0.2, -0.15) is 0 Å². The fourth-order valence-corrected chi connectivity index (χ4v) is 2.14. The normalized spacial score (nSPS) is 21.4. The highest BCUT2D eigenvalue weighted by Gasteiger charge is 2.14. The molecule has 1 atom stereocenters. The third-order valence-electron chi connectivity index (χ3n) is 3.15. The summed E-state index contributed by atoms with van der Waals surface area (Å²) in [6.45, 7) is 9.44. The van der Waals surface area contributed by atoms with Gasteiger partial charge in [-0.1, -0.05) is 17.7 Å². The number of hydrogen-bond acceptors (Lipinski definition) is 3. The minimum Gasteiger partial charge on any atom is -0.492 e. The van der Waals surface area contributed by atoms with E-state index in [0.717, 1.165) is 38.5 Å². The Morgan fingerprint density at radius 2 is 2.12 bits per heavy atom. The number of hydrogen-bond donors (Lipinski definition) is 1. The van der Waals surface area contributed by atoms with E-state index in [0.29, 0.717) is 6.04 Å². The summed E-state index contributed by atoms with van der Waals surface area (Å²) in [6, 6.07) is 8.85. The van der Waals surface area contributed by atoms with Crippen LogP contribution >= 0.6 is 0 Å². The average Bonchev–Trinajstić information content (AvgIpc) is 2.32. The Bertz CT molecular complexity index is 337. The smallest absolute Gasteiger partial charge is 0.119 e. The van der Waals surface area contributed by atoms with Crippen molar-refractivity contribution in [2.45, 2.75) is 19.9 Å². The van der Waals surface area contributed by atoms with Crippen LogP contribution in [-0.4, -0.2) is 43.7 Å². The minimum absolute atomic E-state index is 0.600. The maximum Gasteiger partial charge on any atom is 0.119 e. The van der Waals surface area contributed by atoms with Gasteiger partial charge in [0.25, 0.3) is 0 Å². The molecule has 0 bridgehead atoms. The summed E-state index contributed by atoms with van der Waals surface area (Å²) >= 11 is 0. The number of aryl methyl sites for hydroxylation is 1. The number of rotatable bonds is 4. The third kappa shape index (κ3) is 4.02. The van der Waals surface area contributed by atoms with E-state index in [-0.39, 0.29) is 0 Å². The van der Waals surface area contributed by atoms with Crippen LogP contribution in [0.4, 0.5) is 0 Å². The van der Waals surface area contributed by atoms with Gasteiger partial charge in [0.15, 0.2) is 0 Å². The van der Waals surface area contributed by atoms with Gasteiger partial charge >= 0.3 is 0 Å². The molecule has 0 unspecified atom stereocenters. The molecule has 1 aliphatic rings. The monoisotopic (exact) mass is 234 g/mol. The number of nitrogens with one attached hydrogen (secondary N) is 1. The van der Waals surface area contributed by atoms with E-state index >= 15 is 0 Å². The van der Waals surface area contributed by atoms with E-state index in [4.69, 9.17) is 4.74 Å². The molecule has 0 saturated carbocycles. The Kier molecular flexibility index (Phi) is 4.40. The van der Waals surface area contributed by atoms with E-state index in [1.54, 1.807) is 0 Å². The second-order valence-corrected chi connectivity index (χ2v) is 4.82. The van der Waals surface area contributed by atoms with Crippen molar-refractivity contribution in [1.29, 1.82) is 0 Å². The van der Waals surface area contributed by atoms with Crippen molar-refractivity contribution in [3.8, 4) is 5.75 Å². The lowest BCUT2D eigenvalue weighted by molar-refractivity contribution is 0.170. The van der Waals surface area contributed by atoms with Gasteiger partial charge in [-0.05, 0) is 26.0 Å². The third-order valence-corrected chi connectivity index (χ3v) is 3.15. The molecule has 0 aromatic heterocycles. The molecule has 0 spiro atoms. The summed E-state index contributed by atoms with van der Waals surface area (Å²) in [5.74, 6) is 0.971. The molecule has 1 aliphatic heterocycles. The molecule has 17 heavy (non-hydrogen) atoms. The molecule has 1 aromatic carbocycles. The molecule has 94 valence electrons. The van der Waals surface area contributed by atoms with Crippen LogP contribution in [0.3, 0.4) is 0 Å². The molecule has 1 fully saturated rings. The van der Waals surface area contributed by atoms with Crippen LogP contribution in [0.2, 0.25) is 0 Å². The van der Waals surface area contributed by atoms with Crippen molar-refractivity contribution >= 4 is 0 Å². The van der Waals surface area contributed by atoms with Crippen molar-refractivity contribution in [3.05, 3.63) is 29.8 Å². The van der Waals surface area contributed by atoms with Crippen LogP contribution in [0.5, 0.6) is 5.75 Å². The lowest BCUT2D eigenvalue weighted by Crippen LogP contribution is -2.50. The second-order valence-electron chi connectivity index (χ2n) is 4.82. The standard InChI is InChI=1S/C14H22N2O/c1-12-3-5-14(6-4-12)17-10-9-16-8-7-15-13(2)11-16/h3-6,13,15H,7-11H2,1-2H3/t13-/m1/s1. The first-order valence-electron chi connectivity index (χ1n) is 6.39. The zero-order valence-corrected chi connectivity index (χ0v) is 10.8. The van der Waals surface area contributed by atoms with E-state index < -0.39 is 0 Å². The molecule has 1 heterocycles. The zero-order chi connectivity index (χ0) is 12.1. The Labute approximate surface area is 104 Å². The lowest BCUT2D eigenvalue weighted by atomic mass is 10.2. The van der Waals surface area contributed by atoms with Gasteiger partial charge in [-0.15, -0.1) is 0 Å². The predicted octanol–water partition coefficient (Wildman–Crippen LogP) is 1.67. The second kappa shape index (κ2) is 6.03. The van der Waals surface area contributed by atoms with Gasteiger partial charge in [0.05, 0.1) is 0 Å². The molecule has 1 saturated heterocycles. The van der Waals surface area contributed by atoms with Crippen molar-refractivity contribution in [2.24, 2.45) is 0 Å². The predicted molar refractivity (Wildman–Crippen MR) is 70.6 cm³/mol. The number of ether oxygens (including phenoxy) is 1. The SMILES string of the molecule is Cc1ccc(OCCN2CCN[C@H](C)C2)cc1. The van der Waals surface area contributed by atoms with Crippen LogP contribution in [0.15, 0.2) is 24.3 Å². The van der Waals surface area contributed by atoms with Crippen LogP contribution in [0.1, 0.15) is 12.5 Å². The summed E-state index contributed by atoms with van der Waals surface area (Å²) in [5.41, 5.74) is 1.27. The quantitative estimate of drug-likeness (QED) is 0.857. The fourth-order valence-electron chi connectivity index (χ4n) is 2.14. The molecular weight excluding hydrogens is 212 g/mol. The van der Waals surface area contributed by atoms with Crippen molar-refractivity contribution < 1.29 is 4.74 Å². The van der Waals surface area contributed by atoms with Gasteiger partial charge < -0.3 is 10.1 Å². The molecule has 1 aromatic rings. The first-order chi connectivity index (χ1) is 8.24. The van der Waals surface area contributed by atoms with E-state index in [1.807, 2.05) is 12.1 Å². The van der Waals surface area contributed by atoms with Gasteiger partial charge in [0.1, 0.15) is 12.4 Å². The Balaban J connectivity index is 1.70. The highest BCUT2D eigenvalue weighted by molar-refractivity contribution is 5.26. The van der Waals surface area contributed by atoms with Gasteiger partial charge in [0, 0.05) is 32.2 Å². The topological polar surface area (TPSA) is 24.5 Å². The maximum atomic E-state index is 5.74. The van der Waals surface area contributed by atoms with E-state index in [9.17, 15) is 0 Å². The minimum atomic E-state index is 0.600. The van der Waals surface area contributed by atoms with Crippen LogP contribution in [-0.2, 0) is 0 Å². The molecule has 3 heteroatoms. The summed E-state index contributed by atoms with van der Waals surface area (Å²) in [5, 5.41) is 3.44. The highest BCUT2D eigenvalue weighted by Crippen LogP contribution is 2.11. The Morgan fingerprint density at radius 3 is 2.82 bits per heavy atom. The molecule has 0 radical (unpaired) electrons. The first kappa shape index (κ1) is 12.4. The van der Waals surface area contributed by atoms with E-state index in [2.05, 4.69) is 36.2 Å². The molecule has 3 nitrogen and oxygen atoms in total. The molecule has 0 aliphatic carbocycles. The van der Waals surface area contributed by atoms with Crippen molar-refractivity contribution in [1.82, 2.24) is 10.2 Å². The van der Waals surface area contributed by atoms with E-state index in [1.165, 1.54) is 5.56 Å². The lowest BCUT2D eigenvalue weighted by Gasteiger charge is -2.31. The number of nitrogens with zero attached hydrogens (tertiary/aromatic N) is 1. The maximum absolute atomic E-state index is 5.74. The van der Waals surface area contributed by atoms with Crippen molar-refractivity contribution in [3.63, 3.8) is 0 Å². The fraction of sp³-hybridized carbons (Fsp3) is 0.571. The largest absolute Gasteiger partial charge is 0.492 e. The highest BCUT2D eigenvalue weighted by atomic mass is 16.5. The first-order valence-corrected chi connectivity index (χ1v) is 6.39. The number of piperazine rings is 1. The van der Waals surface area contributed by atoms with Crippen LogP contribution < -0.4 is 10.1 Å². The number of benzene rings is 1. The average molecular weight is 234 g/mol. The summed E-state index contributed by atoms with van der Waals surface area (Å²) in [4.78, 5) is 2.45.